The average Bonchev–Trinajstić information content (AvgIpc) is 2.77. The predicted octanol–water partition coefficient (Wildman–Crippen LogP) is 2.44. The van der Waals surface area contributed by atoms with Gasteiger partial charge in [0.2, 0.25) is 0 Å². The highest BCUT2D eigenvalue weighted by Gasteiger charge is 2.20. The first kappa shape index (κ1) is 22.5. The monoisotopic (exact) mass is 417 g/mol. The number of anilines is 1. The number of carbonyl (C=O) groups excluding carboxylic acids is 3. The van der Waals surface area contributed by atoms with Gasteiger partial charge in [0.1, 0.15) is 5.75 Å². The molecule has 2 rings (SSSR count). The van der Waals surface area contributed by atoms with Crippen molar-refractivity contribution < 1.29 is 38.1 Å². The molecule has 0 aliphatic carbocycles. The summed E-state index contributed by atoms with van der Waals surface area (Å²) in [6.45, 7) is 1.11. The largest absolute Gasteiger partial charge is 0.495 e. The lowest BCUT2D eigenvalue weighted by Gasteiger charge is -2.14. The van der Waals surface area contributed by atoms with E-state index in [1.54, 1.807) is 24.3 Å². The third-order valence-corrected chi connectivity index (χ3v) is 3.96. The zero-order valence-corrected chi connectivity index (χ0v) is 17.1. The van der Waals surface area contributed by atoms with Crippen LogP contribution in [0.3, 0.4) is 0 Å². The molecule has 0 heterocycles. The van der Waals surface area contributed by atoms with Gasteiger partial charge in [-0.2, -0.15) is 0 Å². The third kappa shape index (κ3) is 5.87. The fourth-order valence-electron chi connectivity index (χ4n) is 2.43. The molecule has 9 heteroatoms. The van der Waals surface area contributed by atoms with E-state index in [0.717, 1.165) is 0 Å². The van der Waals surface area contributed by atoms with E-state index in [9.17, 15) is 14.4 Å². The van der Waals surface area contributed by atoms with Crippen LogP contribution in [0.1, 0.15) is 17.3 Å². The van der Waals surface area contributed by atoms with Crippen LogP contribution >= 0.6 is 0 Å². The van der Waals surface area contributed by atoms with Crippen LogP contribution in [0.25, 0.3) is 0 Å². The molecule has 1 N–H and O–H groups in total. The zero-order chi connectivity index (χ0) is 22.1. The van der Waals surface area contributed by atoms with Gasteiger partial charge >= 0.3 is 11.9 Å². The molecule has 0 saturated carbocycles. The van der Waals surface area contributed by atoms with Crippen LogP contribution in [0.5, 0.6) is 17.2 Å². The van der Waals surface area contributed by atoms with Gasteiger partial charge in [0, 0.05) is 0 Å². The summed E-state index contributed by atoms with van der Waals surface area (Å²) in [5.74, 6) is -0.807. The first-order chi connectivity index (χ1) is 14.4. The Labute approximate surface area is 173 Å². The molecule has 30 heavy (non-hydrogen) atoms. The second-order valence-electron chi connectivity index (χ2n) is 5.97. The Morgan fingerprint density at radius 2 is 1.63 bits per heavy atom. The second-order valence-corrected chi connectivity index (χ2v) is 5.97. The summed E-state index contributed by atoms with van der Waals surface area (Å²) in [6.07, 6.45) is -1.05. The summed E-state index contributed by atoms with van der Waals surface area (Å²) >= 11 is 0. The Morgan fingerprint density at radius 3 is 2.30 bits per heavy atom. The number of methoxy groups -OCH3 is 3. The van der Waals surface area contributed by atoms with Gasteiger partial charge in [-0.3, -0.25) is 4.79 Å². The molecular weight excluding hydrogens is 394 g/mol. The lowest BCUT2D eigenvalue weighted by Crippen LogP contribution is -2.25. The number of amides is 1. The molecule has 0 spiro atoms. The van der Waals surface area contributed by atoms with Crippen molar-refractivity contribution in [3.05, 3.63) is 48.0 Å². The summed E-state index contributed by atoms with van der Waals surface area (Å²) in [5, 5.41) is 2.69. The lowest BCUT2D eigenvalue weighted by atomic mass is 10.2. The molecule has 2 aromatic carbocycles. The van der Waals surface area contributed by atoms with E-state index in [4.69, 9.17) is 18.9 Å². The van der Waals surface area contributed by atoms with E-state index in [-0.39, 0.29) is 23.7 Å². The highest BCUT2D eigenvalue weighted by atomic mass is 16.6. The van der Waals surface area contributed by atoms with Gasteiger partial charge < -0.3 is 29.0 Å². The molecule has 1 amide bonds. The number of hydrogen-bond donors (Lipinski definition) is 1. The minimum atomic E-state index is -1.05. The molecule has 160 valence electrons. The molecule has 0 radical (unpaired) electrons. The highest BCUT2D eigenvalue weighted by Crippen LogP contribution is 2.29. The molecule has 0 saturated heterocycles. The Kier molecular flexibility index (Phi) is 8.04. The molecule has 0 aliphatic heterocycles. The number of hydrogen-bond acceptors (Lipinski definition) is 8. The molecular formula is C21H23NO8. The van der Waals surface area contributed by atoms with Gasteiger partial charge in [0.05, 0.1) is 32.6 Å². The summed E-state index contributed by atoms with van der Waals surface area (Å²) in [5.41, 5.74) is 0.659. The summed E-state index contributed by atoms with van der Waals surface area (Å²) < 4.78 is 25.5. The Balaban J connectivity index is 2.02. The fourth-order valence-corrected chi connectivity index (χ4v) is 2.43. The number of rotatable bonds is 9. The molecule has 0 bridgehead atoms. The topological polar surface area (TPSA) is 109 Å². The van der Waals surface area contributed by atoms with Crippen molar-refractivity contribution in [2.24, 2.45) is 0 Å². The lowest BCUT2D eigenvalue weighted by molar-refractivity contribution is -0.149. The van der Waals surface area contributed by atoms with Crippen molar-refractivity contribution in [1.29, 1.82) is 0 Å². The van der Waals surface area contributed by atoms with E-state index >= 15 is 0 Å². The van der Waals surface area contributed by atoms with Crippen LogP contribution in [0.2, 0.25) is 0 Å². The van der Waals surface area contributed by atoms with Gasteiger partial charge in [0.25, 0.3) is 5.91 Å². The number of para-hydroxylation sites is 2. The smallest absolute Gasteiger partial charge is 0.346 e. The zero-order valence-electron chi connectivity index (χ0n) is 17.1. The summed E-state index contributed by atoms with van der Waals surface area (Å²) in [6, 6.07) is 11.3. The van der Waals surface area contributed by atoms with E-state index in [1.165, 1.54) is 46.5 Å². The first-order valence-corrected chi connectivity index (χ1v) is 8.92. The van der Waals surface area contributed by atoms with E-state index in [2.05, 4.69) is 10.1 Å². The molecule has 9 nitrogen and oxygen atoms in total. The second kappa shape index (κ2) is 10.7. The maximum Gasteiger partial charge on any atom is 0.346 e. The van der Waals surface area contributed by atoms with Gasteiger partial charge in [0.15, 0.2) is 24.2 Å². The summed E-state index contributed by atoms with van der Waals surface area (Å²) in [4.78, 5) is 35.8. The number of esters is 2. The third-order valence-electron chi connectivity index (χ3n) is 3.96. The first-order valence-electron chi connectivity index (χ1n) is 8.92. The van der Waals surface area contributed by atoms with Crippen molar-refractivity contribution in [3.63, 3.8) is 0 Å². The quantitative estimate of drug-likeness (QED) is 0.620. The van der Waals surface area contributed by atoms with Crippen molar-refractivity contribution in [2.45, 2.75) is 13.0 Å². The van der Waals surface area contributed by atoms with Crippen molar-refractivity contribution in [1.82, 2.24) is 0 Å². The number of nitrogens with one attached hydrogen (secondary N) is 1. The number of carbonyl (C=O) groups is 3. The van der Waals surface area contributed by atoms with Gasteiger partial charge in [-0.15, -0.1) is 0 Å². The SMILES string of the molecule is COC(=O)C(C)OC(=O)c1ccc(OCC(=O)Nc2ccccc2OC)c(OC)c1. The molecule has 2 aromatic rings. The maximum atomic E-state index is 12.2. The van der Waals surface area contributed by atoms with Crippen LogP contribution in [-0.4, -0.2) is 51.9 Å². The maximum absolute atomic E-state index is 12.2. The normalized spacial score (nSPS) is 11.1. The Morgan fingerprint density at radius 1 is 0.933 bits per heavy atom. The molecule has 0 fully saturated rings. The van der Waals surface area contributed by atoms with E-state index in [0.29, 0.717) is 11.4 Å². The van der Waals surface area contributed by atoms with Crippen molar-refractivity contribution in [2.75, 3.05) is 33.3 Å². The fraction of sp³-hybridized carbons (Fsp3) is 0.286. The number of benzene rings is 2. The van der Waals surface area contributed by atoms with Crippen molar-refractivity contribution in [3.8, 4) is 17.2 Å². The minimum absolute atomic E-state index is 0.147. The molecule has 1 atom stereocenters. The van der Waals surface area contributed by atoms with E-state index < -0.39 is 23.9 Å². The molecule has 1 unspecified atom stereocenters. The molecule has 0 aliphatic rings. The van der Waals surface area contributed by atoms with Crippen molar-refractivity contribution >= 4 is 23.5 Å². The standard InChI is InChI=1S/C21H23NO8/c1-13(20(24)28-4)30-21(25)14-9-10-17(18(11-14)27-3)29-12-19(23)22-15-7-5-6-8-16(15)26-2/h5-11,13H,12H2,1-4H3,(H,22,23). The minimum Gasteiger partial charge on any atom is -0.495 e. The number of ether oxygens (including phenoxy) is 5. The Hall–Kier alpha value is -3.75. The van der Waals surface area contributed by atoms with Crippen LogP contribution in [0.4, 0.5) is 5.69 Å². The average molecular weight is 417 g/mol. The van der Waals surface area contributed by atoms with Crippen LogP contribution < -0.4 is 19.5 Å². The van der Waals surface area contributed by atoms with Gasteiger partial charge in [-0.1, -0.05) is 12.1 Å². The Bertz CT molecular complexity index is 912. The van der Waals surface area contributed by atoms with Crippen LogP contribution in [-0.2, 0) is 19.1 Å². The molecule has 0 aromatic heterocycles. The van der Waals surface area contributed by atoms with Gasteiger partial charge in [-0.05, 0) is 37.3 Å². The van der Waals surface area contributed by atoms with Crippen LogP contribution in [0, 0.1) is 0 Å². The summed E-state index contributed by atoms with van der Waals surface area (Å²) in [7, 11) is 4.10. The van der Waals surface area contributed by atoms with E-state index in [1.807, 2.05) is 0 Å². The predicted molar refractivity (Wildman–Crippen MR) is 107 cm³/mol. The van der Waals surface area contributed by atoms with Gasteiger partial charge in [-0.25, -0.2) is 9.59 Å². The highest BCUT2D eigenvalue weighted by molar-refractivity contribution is 5.94. The van der Waals surface area contributed by atoms with Crippen LogP contribution in [0.15, 0.2) is 42.5 Å².